The van der Waals surface area contributed by atoms with Crippen LogP contribution >= 0.6 is 11.3 Å². The van der Waals surface area contributed by atoms with Gasteiger partial charge in [0.25, 0.3) is 0 Å². The van der Waals surface area contributed by atoms with Crippen LogP contribution in [0.25, 0.3) is 21.3 Å². The summed E-state index contributed by atoms with van der Waals surface area (Å²) in [7, 11) is -1.89. The zero-order valence-corrected chi connectivity index (χ0v) is 28.6. The second kappa shape index (κ2) is 10.6. The number of carbonyl (C=O) groups excluding carboxylic acids is 1. The Balaban J connectivity index is 1.37. The van der Waals surface area contributed by atoms with Crippen molar-refractivity contribution >= 4 is 41.7 Å². The number of carbonyl (C=O) groups is 1. The molecule has 3 aliphatic rings. The molecule has 1 saturated carbocycles. The lowest BCUT2D eigenvalue weighted by Crippen LogP contribution is -2.43. The van der Waals surface area contributed by atoms with E-state index in [0.29, 0.717) is 37.1 Å². The highest BCUT2D eigenvalue weighted by Crippen LogP contribution is 2.58. The van der Waals surface area contributed by atoms with Crippen LogP contribution in [0.15, 0.2) is 30.5 Å². The minimum absolute atomic E-state index is 0.146. The third-order valence-electron chi connectivity index (χ3n) is 9.70. The van der Waals surface area contributed by atoms with E-state index in [1.807, 2.05) is 31.9 Å². The number of amides is 1. The van der Waals surface area contributed by atoms with Gasteiger partial charge in [0, 0.05) is 53.6 Å². The van der Waals surface area contributed by atoms with Crippen molar-refractivity contribution in [3.8, 4) is 17.2 Å². The van der Waals surface area contributed by atoms with Crippen molar-refractivity contribution in [1.29, 1.82) is 5.26 Å². The maximum Gasteiger partial charge on any atom is 0.410 e. The number of nitrogens with zero attached hydrogens (tertiary/aromatic N) is 4. The molecule has 2 aliphatic heterocycles. The molecule has 3 aromatic rings. The van der Waals surface area contributed by atoms with Crippen LogP contribution in [-0.4, -0.2) is 55.6 Å². The van der Waals surface area contributed by atoms with E-state index in [-0.39, 0.29) is 17.2 Å². The fraction of sp³-hybridized carbons (Fsp3) is 0.559. The molecule has 0 radical (unpaired) electrons. The Morgan fingerprint density at radius 3 is 2.60 bits per heavy atom. The second-order valence-corrected chi connectivity index (χ2v) is 21.0. The van der Waals surface area contributed by atoms with Crippen LogP contribution in [0.5, 0.6) is 0 Å². The van der Waals surface area contributed by atoms with Gasteiger partial charge in [0.05, 0.1) is 28.5 Å². The molecule has 0 unspecified atom stereocenters. The molecule has 7 nitrogen and oxygen atoms in total. The minimum atomic E-state index is -1.89. The van der Waals surface area contributed by atoms with Crippen molar-refractivity contribution in [2.24, 2.45) is 5.92 Å². The van der Waals surface area contributed by atoms with Crippen LogP contribution in [-0.2, 0) is 15.8 Å². The van der Waals surface area contributed by atoms with Gasteiger partial charge in [-0.1, -0.05) is 20.8 Å². The average molecular weight is 617 g/mol. The van der Waals surface area contributed by atoms with Gasteiger partial charge < -0.3 is 19.0 Å². The SMILES string of the molecule is CC(C)(C)OC(=O)N1CC[C@@H](N2C[C@@H]3C[C@@H]3c3cc(C#N)cc(-c4ccnc5cc(CO[Si](C)(C)C(C)(C)C)sc45)c32)C1. The quantitative estimate of drug-likeness (QED) is 0.268. The first-order valence-electron chi connectivity index (χ1n) is 15.5. The van der Waals surface area contributed by atoms with E-state index in [1.165, 1.54) is 16.1 Å². The summed E-state index contributed by atoms with van der Waals surface area (Å²) in [4.78, 5) is 23.3. The largest absolute Gasteiger partial charge is 0.444 e. The summed E-state index contributed by atoms with van der Waals surface area (Å²) in [6, 6.07) is 11.1. The molecule has 3 atom stereocenters. The summed E-state index contributed by atoms with van der Waals surface area (Å²) in [5.74, 6) is 1.10. The molecular weight excluding hydrogens is 573 g/mol. The van der Waals surface area contributed by atoms with Crippen molar-refractivity contribution in [3.63, 3.8) is 0 Å². The highest BCUT2D eigenvalue weighted by atomic mass is 32.1. The maximum absolute atomic E-state index is 12.9. The van der Waals surface area contributed by atoms with Crippen molar-refractivity contribution < 1.29 is 14.0 Å². The summed E-state index contributed by atoms with van der Waals surface area (Å²) in [6.07, 6.45) is 3.70. The fourth-order valence-corrected chi connectivity index (χ4v) is 8.37. The third-order valence-corrected chi connectivity index (χ3v) is 15.3. The summed E-state index contributed by atoms with van der Waals surface area (Å²) >= 11 is 1.75. The van der Waals surface area contributed by atoms with Gasteiger partial charge >= 0.3 is 6.09 Å². The number of rotatable bonds is 5. The number of fused-ring (bicyclic) bond motifs is 4. The smallest absolute Gasteiger partial charge is 0.410 e. The molecule has 228 valence electrons. The van der Waals surface area contributed by atoms with E-state index in [2.05, 4.69) is 69.1 Å². The van der Waals surface area contributed by atoms with E-state index in [4.69, 9.17) is 14.1 Å². The molecule has 9 heteroatoms. The monoisotopic (exact) mass is 616 g/mol. The standard InChI is InChI=1S/C34H44N4O3SSi/c1-33(2,3)41-32(39)37-12-10-23(19-37)38-18-22-15-26(22)28-14-21(17-35)13-27(30(28)38)25-9-11-36-29-16-24(42-31(25)29)20-40-43(7,8)34(4,5)6/h9,11,13-14,16,22-23,26H,10,12,15,18-20H2,1-8H3/t22-,23+,26-/m0/s1. The first kappa shape index (κ1) is 30.1. The van der Waals surface area contributed by atoms with Crippen molar-refractivity contribution in [3.05, 3.63) is 46.5 Å². The van der Waals surface area contributed by atoms with Crippen LogP contribution in [0.4, 0.5) is 10.5 Å². The number of pyridine rings is 1. The highest BCUT2D eigenvalue weighted by molar-refractivity contribution is 7.19. The van der Waals surface area contributed by atoms with Gasteiger partial charge in [0.2, 0.25) is 0 Å². The highest BCUT2D eigenvalue weighted by Gasteiger charge is 2.48. The van der Waals surface area contributed by atoms with E-state index >= 15 is 0 Å². The zero-order valence-electron chi connectivity index (χ0n) is 26.8. The summed E-state index contributed by atoms with van der Waals surface area (Å²) < 4.78 is 13.4. The number of ether oxygens (including phenoxy) is 1. The molecule has 0 spiro atoms. The van der Waals surface area contributed by atoms with Crippen LogP contribution in [0.1, 0.15) is 76.3 Å². The lowest BCUT2D eigenvalue weighted by Gasteiger charge is -2.38. The summed E-state index contributed by atoms with van der Waals surface area (Å²) in [6.45, 7) is 20.0. The maximum atomic E-state index is 12.9. The molecule has 2 fully saturated rings. The van der Waals surface area contributed by atoms with Gasteiger partial charge in [0.15, 0.2) is 8.32 Å². The molecule has 4 heterocycles. The number of hydrogen-bond acceptors (Lipinski definition) is 7. The second-order valence-electron chi connectivity index (χ2n) is 15.0. The number of hydrogen-bond donors (Lipinski definition) is 0. The molecule has 1 amide bonds. The molecule has 0 N–H and O–H groups in total. The van der Waals surface area contributed by atoms with Crippen LogP contribution < -0.4 is 4.90 Å². The molecule has 2 aromatic heterocycles. The predicted molar refractivity (Wildman–Crippen MR) is 176 cm³/mol. The Morgan fingerprint density at radius 2 is 1.91 bits per heavy atom. The van der Waals surface area contributed by atoms with Crippen molar-refractivity contribution in [2.75, 3.05) is 24.5 Å². The van der Waals surface area contributed by atoms with Crippen LogP contribution in [0.2, 0.25) is 18.1 Å². The summed E-state index contributed by atoms with van der Waals surface area (Å²) in [5, 5.41) is 10.2. The van der Waals surface area contributed by atoms with Gasteiger partial charge in [-0.25, -0.2) is 4.79 Å². The van der Waals surface area contributed by atoms with E-state index in [9.17, 15) is 10.1 Å². The van der Waals surface area contributed by atoms with E-state index in [0.717, 1.165) is 40.7 Å². The average Bonchev–Trinajstić information content (AvgIpc) is 3.34. The lowest BCUT2D eigenvalue weighted by molar-refractivity contribution is 0.0292. The molecular formula is C34H44N4O3SSi. The Kier molecular flexibility index (Phi) is 7.42. The lowest BCUT2D eigenvalue weighted by atomic mass is 9.90. The van der Waals surface area contributed by atoms with Gasteiger partial charge in [-0.2, -0.15) is 5.26 Å². The first-order chi connectivity index (χ1) is 20.1. The predicted octanol–water partition coefficient (Wildman–Crippen LogP) is 8.29. The van der Waals surface area contributed by atoms with Crippen LogP contribution in [0.3, 0.4) is 0 Å². The number of benzene rings is 1. The summed E-state index contributed by atoms with van der Waals surface area (Å²) in [5.41, 5.74) is 5.88. The fourth-order valence-electron chi connectivity index (χ4n) is 6.26. The molecule has 1 aliphatic carbocycles. The van der Waals surface area contributed by atoms with E-state index < -0.39 is 13.9 Å². The Hall–Kier alpha value is -2.93. The van der Waals surface area contributed by atoms with Crippen molar-refractivity contribution in [1.82, 2.24) is 9.88 Å². The molecule has 6 rings (SSSR count). The van der Waals surface area contributed by atoms with Gasteiger partial charge in [-0.3, -0.25) is 4.98 Å². The van der Waals surface area contributed by atoms with Crippen molar-refractivity contribution in [2.45, 2.75) is 96.7 Å². The third kappa shape index (κ3) is 5.82. The first-order valence-corrected chi connectivity index (χ1v) is 19.2. The number of likely N-dealkylation sites (tertiary alicyclic amines) is 1. The Morgan fingerprint density at radius 1 is 1.14 bits per heavy atom. The van der Waals surface area contributed by atoms with Crippen LogP contribution in [0, 0.1) is 17.2 Å². The van der Waals surface area contributed by atoms with Gasteiger partial charge in [0.1, 0.15) is 5.60 Å². The van der Waals surface area contributed by atoms with E-state index in [1.54, 1.807) is 11.3 Å². The molecule has 1 saturated heterocycles. The molecule has 43 heavy (non-hydrogen) atoms. The normalized spacial score (nSPS) is 21.9. The number of nitriles is 1. The number of thiophene rings is 1. The Labute approximate surface area is 260 Å². The molecule has 1 aromatic carbocycles. The van der Waals surface area contributed by atoms with Gasteiger partial charge in [-0.05, 0) is 93.4 Å². The zero-order chi connectivity index (χ0) is 30.9. The van der Waals surface area contributed by atoms with Gasteiger partial charge in [-0.15, -0.1) is 11.3 Å². The number of anilines is 1. The Bertz CT molecular complexity index is 1610. The number of aromatic nitrogens is 1. The topological polar surface area (TPSA) is 78.7 Å². The molecule has 0 bridgehead atoms. The minimum Gasteiger partial charge on any atom is -0.444 e.